The number of halogens is 2. The van der Waals surface area contributed by atoms with Gasteiger partial charge >= 0.3 is 0 Å². The zero-order valence-corrected chi connectivity index (χ0v) is 11.4. The number of hydrogen-bond acceptors (Lipinski definition) is 2. The fourth-order valence-electron chi connectivity index (χ4n) is 2.00. The minimum atomic E-state index is -0.481. The second-order valence-corrected chi connectivity index (χ2v) is 4.56. The average molecular weight is 290 g/mol. The SMILES string of the molecule is NCCCN(C(=O)c1ccc(F)cc1)c1ccccc1F. The van der Waals surface area contributed by atoms with Crippen LogP contribution in [0.25, 0.3) is 0 Å². The van der Waals surface area contributed by atoms with Gasteiger partial charge in [0.05, 0.1) is 5.69 Å². The molecule has 0 fully saturated rings. The molecule has 2 aromatic rings. The summed E-state index contributed by atoms with van der Waals surface area (Å²) in [5.74, 6) is -1.29. The predicted molar refractivity (Wildman–Crippen MR) is 78.1 cm³/mol. The van der Waals surface area contributed by atoms with Gasteiger partial charge in [-0.3, -0.25) is 4.79 Å². The molecular weight excluding hydrogens is 274 g/mol. The first-order valence-electron chi connectivity index (χ1n) is 6.65. The number of carbonyl (C=O) groups excluding carboxylic acids is 1. The van der Waals surface area contributed by atoms with Crippen LogP contribution >= 0.6 is 0 Å². The zero-order valence-electron chi connectivity index (χ0n) is 11.4. The predicted octanol–water partition coefficient (Wildman–Crippen LogP) is 2.96. The van der Waals surface area contributed by atoms with E-state index in [4.69, 9.17) is 5.73 Å². The molecule has 0 atom stereocenters. The number of anilines is 1. The third-order valence-corrected chi connectivity index (χ3v) is 3.07. The molecule has 1 amide bonds. The van der Waals surface area contributed by atoms with Crippen molar-refractivity contribution in [2.75, 3.05) is 18.0 Å². The van der Waals surface area contributed by atoms with Gasteiger partial charge in [-0.25, -0.2) is 8.78 Å². The van der Waals surface area contributed by atoms with E-state index < -0.39 is 11.6 Å². The molecule has 0 heterocycles. The van der Waals surface area contributed by atoms with Gasteiger partial charge in [0.2, 0.25) is 0 Å². The standard InChI is InChI=1S/C16H16F2N2O/c17-13-8-6-12(7-9-13)16(21)20(11-3-10-19)15-5-2-1-4-14(15)18/h1-2,4-9H,3,10-11,19H2. The first-order chi connectivity index (χ1) is 10.1. The van der Waals surface area contributed by atoms with Crippen LogP contribution in [-0.2, 0) is 0 Å². The lowest BCUT2D eigenvalue weighted by atomic mass is 10.1. The van der Waals surface area contributed by atoms with Crippen molar-refractivity contribution in [2.24, 2.45) is 5.73 Å². The van der Waals surface area contributed by atoms with Crippen LogP contribution < -0.4 is 10.6 Å². The highest BCUT2D eigenvalue weighted by Crippen LogP contribution is 2.21. The van der Waals surface area contributed by atoms with E-state index in [1.54, 1.807) is 12.1 Å². The summed E-state index contributed by atoms with van der Waals surface area (Å²) >= 11 is 0. The number of nitrogens with two attached hydrogens (primary N) is 1. The Labute approximate surface area is 122 Å². The Morgan fingerprint density at radius 2 is 1.71 bits per heavy atom. The van der Waals surface area contributed by atoms with E-state index in [1.807, 2.05) is 0 Å². The van der Waals surface area contributed by atoms with Crippen molar-refractivity contribution < 1.29 is 13.6 Å². The van der Waals surface area contributed by atoms with E-state index >= 15 is 0 Å². The van der Waals surface area contributed by atoms with Crippen LogP contribution in [0.15, 0.2) is 48.5 Å². The van der Waals surface area contributed by atoms with E-state index in [2.05, 4.69) is 0 Å². The highest BCUT2D eigenvalue weighted by atomic mass is 19.1. The molecule has 0 aliphatic rings. The highest BCUT2D eigenvalue weighted by Gasteiger charge is 2.19. The summed E-state index contributed by atoms with van der Waals surface area (Å²) in [7, 11) is 0. The van der Waals surface area contributed by atoms with Gasteiger partial charge in [-0.05, 0) is 49.4 Å². The quantitative estimate of drug-likeness (QED) is 0.920. The van der Waals surface area contributed by atoms with Crippen molar-refractivity contribution in [3.8, 4) is 0 Å². The number of carbonyl (C=O) groups is 1. The summed E-state index contributed by atoms with van der Waals surface area (Å²) in [5.41, 5.74) is 5.97. The maximum Gasteiger partial charge on any atom is 0.258 e. The summed E-state index contributed by atoms with van der Waals surface area (Å²) in [6.07, 6.45) is 0.543. The first-order valence-corrected chi connectivity index (χ1v) is 6.65. The number of nitrogens with zero attached hydrogens (tertiary/aromatic N) is 1. The van der Waals surface area contributed by atoms with Gasteiger partial charge in [-0.2, -0.15) is 0 Å². The molecule has 3 nitrogen and oxygen atoms in total. The van der Waals surface area contributed by atoms with Crippen LogP contribution in [0.2, 0.25) is 0 Å². The Morgan fingerprint density at radius 3 is 2.33 bits per heavy atom. The molecule has 0 radical (unpaired) electrons. The van der Waals surface area contributed by atoms with E-state index in [0.717, 1.165) is 0 Å². The second-order valence-electron chi connectivity index (χ2n) is 4.56. The first kappa shape index (κ1) is 15.1. The smallest absolute Gasteiger partial charge is 0.258 e. The number of amides is 1. The third kappa shape index (κ3) is 3.64. The lowest BCUT2D eigenvalue weighted by molar-refractivity contribution is 0.0986. The molecule has 0 aromatic heterocycles. The van der Waals surface area contributed by atoms with Crippen LogP contribution in [0.1, 0.15) is 16.8 Å². The Morgan fingerprint density at radius 1 is 1.05 bits per heavy atom. The molecule has 5 heteroatoms. The van der Waals surface area contributed by atoms with Gasteiger partial charge in [0, 0.05) is 12.1 Å². The maximum absolute atomic E-state index is 13.9. The van der Waals surface area contributed by atoms with Crippen molar-refractivity contribution in [1.82, 2.24) is 0 Å². The number of rotatable bonds is 5. The van der Waals surface area contributed by atoms with E-state index in [9.17, 15) is 13.6 Å². The van der Waals surface area contributed by atoms with Crippen molar-refractivity contribution >= 4 is 11.6 Å². The monoisotopic (exact) mass is 290 g/mol. The van der Waals surface area contributed by atoms with Crippen LogP contribution in [-0.4, -0.2) is 19.0 Å². The fraction of sp³-hybridized carbons (Fsp3) is 0.188. The van der Waals surface area contributed by atoms with Gasteiger partial charge in [-0.1, -0.05) is 12.1 Å². The van der Waals surface area contributed by atoms with Crippen LogP contribution in [0, 0.1) is 11.6 Å². The minimum absolute atomic E-state index is 0.195. The lowest BCUT2D eigenvalue weighted by Crippen LogP contribution is -2.33. The van der Waals surface area contributed by atoms with E-state index in [-0.39, 0.29) is 11.6 Å². The molecule has 0 aliphatic carbocycles. The zero-order chi connectivity index (χ0) is 15.2. The molecule has 2 rings (SSSR count). The summed E-state index contributed by atoms with van der Waals surface area (Å²) < 4.78 is 26.9. The Hall–Kier alpha value is -2.27. The van der Waals surface area contributed by atoms with Crippen LogP contribution in [0.5, 0.6) is 0 Å². The molecule has 110 valence electrons. The number of benzene rings is 2. The molecule has 0 saturated carbocycles. The van der Waals surface area contributed by atoms with Crippen molar-refractivity contribution in [3.05, 3.63) is 65.7 Å². The molecular formula is C16H16F2N2O. The molecule has 0 saturated heterocycles. The molecule has 21 heavy (non-hydrogen) atoms. The molecule has 2 aromatic carbocycles. The summed E-state index contributed by atoms with van der Waals surface area (Å²) in [6.45, 7) is 0.690. The summed E-state index contributed by atoms with van der Waals surface area (Å²) in [5, 5.41) is 0. The topological polar surface area (TPSA) is 46.3 Å². The molecule has 0 unspecified atom stereocenters. The Kier molecular flexibility index (Phi) is 5.00. The van der Waals surface area contributed by atoms with E-state index in [1.165, 1.54) is 41.3 Å². The average Bonchev–Trinajstić information content (AvgIpc) is 2.50. The van der Waals surface area contributed by atoms with Crippen molar-refractivity contribution in [2.45, 2.75) is 6.42 Å². The lowest BCUT2D eigenvalue weighted by Gasteiger charge is -2.23. The van der Waals surface area contributed by atoms with Crippen molar-refractivity contribution in [1.29, 1.82) is 0 Å². The van der Waals surface area contributed by atoms with E-state index in [0.29, 0.717) is 25.1 Å². The van der Waals surface area contributed by atoms with Gasteiger partial charge in [0.25, 0.3) is 5.91 Å². The third-order valence-electron chi connectivity index (χ3n) is 3.07. The van der Waals surface area contributed by atoms with Crippen molar-refractivity contribution in [3.63, 3.8) is 0 Å². The normalized spacial score (nSPS) is 10.4. The second kappa shape index (κ2) is 6.95. The molecule has 0 aliphatic heterocycles. The molecule has 0 bridgehead atoms. The van der Waals surface area contributed by atoms with Gasteiger partial charge in [0.15, 0.2) is 0 Å². The largest absolute Gasteiger partial charge is 0.330 e. The number of hydrogen-bond donors (Lipinski definition) is 1. The molecule has 2 N–H and O–H groups in total. The summed E-state index contributed by atoms with van der Waals surface area (Å²) in [6, 6.07) is 11.2. The maximum atomic E-state index is 13.9. The molecule has 0 spiro atoms. The van der Waals surface area contributed by atoms with Gasteiger partial charge in [0.1, 0.15) is 11.6 Å². The summed E-state index contributed by atoms with van der Waals surface area (Å²) in [4.78, 5) is 13.8. The Balaban J connectivity index is 2.33. The minimum Gasteiger partial charge on any atom is -0.330 e. The number of para-hydroxylation sites is 1. The van der Waals surface area contributed by atoms with Gasteiger partial charge < -0.3 is 10.6 Å². The fourth-order valence-corrected chi connectivity index (χ4v) is 2.00. The highest BCUT2D eigenvalue weighted by molar-refractivity contribution is 6.06. The van der Waals surface area contributed by atoms with Crippen LogP contribution in [0.4, 0.5) is 14.5 Å². The van der Waals surface area contributed by atoms with Crippen LogP contribution in [0.3, 0.4) is 0 Å². The van der Waals surface area contributed by atoms with Gasteiger partial charge in [-0.15, -0.1) is 0 Å². The Bertz CT molecular complexity index is 614.